The monoisotopic (exact) mass is 498 g/mol. The number of nitrogens with one attached hydrogen (secondary N) is 2. The molecule has 0 bridgehead atoms. The van der Waals surface area contributed by atoms with Crippen molar-refractivity contribution in [1.82, 2.24) is 20.4 Å². The number of benzene rings is 1. The Balaban J connectivity index is 1.55. The zero-order chi connectivity index (χ0) is 26.1. The molecule has 1 aromatic rings. The van der Waals surface area contributed by atoms with Gasteiger partial charge in [0.15, 0.2) is 0 Å². The lowest BCUT2D eigenvalue weighted by Crippen LogP contribution is -2.64. The molecular weight excluding hydrogens is 456 g/mol. The van der Waals surface area contributed by atoms with Crippen LogP contribution in [-0.2, 0) is 20.8 Å². The zero-order valence-electron chi connectivity index (χ0n) is 22.0. The van der Waals surface area contributed by atoms with Crippen molar-refractivity contribution in [2.45, 2.75) is 96.7 Å². The molecule has 36 heavy (non-hydrogen) atoms. The van der Waals surface area contributed by atoms with Crippen molar-refractivity contribution >= 4 is 23.8 Å². The quantitative estimate of drug-likeness (QED) is 0.430. The second-order valence-corrected chi connectivity index (χ2v) is 10.5. The highest BCUT2D eigenvalue weighted by Crippen LogP contribution is 2.34. The summed E-state index contributed by atoms with van der Waals surface area (Å²) in [6.07, 6.45) is 6.63. The molecular formula is C28H42N4O4. The molecule has 2 N–H and O–H groups in total. The maximum absolute atomic E-state index is 13.4. The SMILES string of the molecule is CC(C)NC(=O)CCCCN1C(=O)C2CCCCC2N(CC(=O)NC(C)CCc2ccccc2)C1=O. The summed E-state index contributed by atoms with van der Waals surface area (Å²) in [4.78, 5) is 54.3. The lowest BCUT2D eigenvalue weighted by atomic mass is 9.81. The van der Waals surface area contributed by atoms with Gasteiger partial charge in [-0.05, 0) is 64.9 Å². The normalized spacial score (nSPS) is 20.8. The fourth-order valence-electron chi connectivity index (χ4n) is 5.28. The van der Waals surface area contributed by atoms with E-state index in [0.29, 0.717) is 19.3 Å². The van der Waals surface area contributed by atoms with Crippen LogP contribution in [0.15, 0.2) is 30.3 Å². The lowest BCUT2D eigenvalue weighted by molar-refractivity contribution is -0.142. The van der Waals surface area contributed by atoms with Crippen LogP contribution in [-0.4, -0.2) is 64.8 Å². The van der Waals surface area contributed by atoms with E-state index in [2.05, 4.69) is 22.8 Å². The van der Waals surface area contributed by atoms with Gasteiger partial charge in [-0.15, -0.1) is 0 Å². The van der Waals surface area contributed by atoms with E-state index >= 15 is 0 Å². The molecule has 0 radical (unpaired) electrons. The molecule has 3 atom stereocenters. The summed E-state index contributed by atoms with van der Waals surface area (Å²) in [5, 5.41) is 5.90. The van der Waals surface area contributed by atoms with Crippen molar-refractivity contribution in [1.29, 1.82) is 0 Å². The highest BCUT2D eigenvalue weighted by atomic mass is 16.2. The number of nitrogens with zero attached hydrogens (tertiary/aromatic N) is 2. The standard InChI is InChI=1S/C28H42N4O4/c1-20(2)29-25(33)15-9-10-18-31-27(35)23-13-7-8-14-24(23)32(28(31)36)19-26(34)30-21(3)16-17-22-11-5-4-6-12-22/h4-6,11-12,20-21,23-24H,7-10,13-19H2,1-3H3,(H,29,33)(H,30,34). The van der Waals surface area contributed by atoms with Crippen LogP contribution in [0.2, 0.25) is 0 Å². The van der Waals surface area contributed by atoms with Gasteiger partial charge in [0.2, 0.25) is 17.7 Å². The molecule has 198 valence electrons. The molecule has 1 saturated carbocycles. The summed E-state index contributed by atoms with van der Waals surface area (Å²) < 4.78 is 0. The highest BCUT2D eigenvalue weighted by Gasteiger charge is 2.47. The van der Waals surface area contributed by atoms with E-state index in [1.807, 2.05) is 39.0 Å². The fraction of sp³-hybridized carbons (Fsp3) is 0.643. The average Bonchev–Trinajstić information content (AvgIpc) is 2.85. The summed E-state index contributed by atoms with van der Waals surface area (Å²) in [5.41, 5.74) is 1.23. The third kappa shape index (κ3) is 7.80. The molecule has 3 unspecified atom stereocenters. The number of urea groups is 1. The molecule has 8 nitrogen and oxygen atoms in total. The maximum Gasteiger partial charge on any atom is 0.327 e. The Morgan fingerprint density at radius 1 is 0.972 bits per heavy atom. The van der Waals surface area contributed by atoms with E-state index in [-0.39, 0.29) is 60.9 Å². The Bertz CT molecular complexity index is 904. The van der Waals surface area contributed by atoms with Gasteiger partial charge in [0.1, 0.15) is 6.54 Å². The van der Waals surface area contributed by atoms with E-state index in [4.69, 9.17) is 0 Å². The van der Waals surface area contributed by atoms with Gasteiger partial charge in [0, 0.05) is 31.1 Å². The lowest BCUT2D eigenvalue weighted by Gasteiger charge is -2.46. The van der Waals surface area contributed by atoms with Crippen molar-refractivity contribution < 1.29 is 19.2 Å². The number of carbonyl (C=O) groups is 4. The minimum atomic E-state index is -0.373. The first-order valence-corrected chi connectivity index (χ1v) is 13.5. The number of hydrogen-bond acceptors (Lipinski definition) is 4. The Hall–Kier alpha value is -2.90. The molecule has 3 rings (SSSR count). The molecule has 2 fully saturated rings. The zero-order valence-corrected chi connectivity index (χ0v) is 22.0. The maximum atomic E-state index is 13.4. The van der Waals surface area contributed by atoms with Crippen molar-refractivity contribution in [3.05, 3.63) is 35.9 Å². The minimum absolute atomic E-state index is 0.0190. The summed E-state index contributed by atoms with van der Waals surface area (Å²) in [6, 6.07) is 9.64. The molecule has 0 spiro atoms. The average molecular weight is 499 g/mol. The van der Waals surface area contributed by atoms with Gasteiger partial charge in [-0.25, -0.2) is 4.79 Å². The van der Waals surface area contributed by atoms with Crippen LogP contribution in [0.3, 0.4) is 0 Å². The second kappa shape index (κ2) is 13.4. The van der Waals surface area contributed by atoms with Crippen LogP contribution in [0, 0.1) is 5.92 Å². The topological polar surface area (TPSA) is 98.8 Å². The number of hydrogen-bond donors (Lipinski definition) is 2. The summed E-state index contributed by atoms with van der Waals surface area (Å²) in [6.45, 7) is 6.06. The molecule has 1 saturated heterocycles. The Labute approximate surface area is 215 Å². The van der Waals surface area contributed by atoms with Crippen molar-refractivity contribution in [2.75, 3.05) is 13.1 Å². The van der Waals surface area contributed by atoms with Crippen LogP contribution in [0.5, 0.6) is 0 Å². The summed E-state index contributed by atoms with van der Waals surface area (Å²) in [5.74, 6) is -0.575. The number of aryl methyl sites for hydroxylation is 1. The van der Waals surface area contributed by atoms with Crippen LogP contribution < -0.4 is 10.6 Å². The third-order valence-electron chi connectivity index (χ3n) is 7.11. The number of amides is 5. The van der Waals surface area contributed by atoms with Crippen LogP contribution in [0.1, 0.15) is 77.7 Å². The number of fused-ring (bicyclic) bond motifs is 1. The Kier molecular flexibility index (Phi) is 10.3. The van der Waals surface area contributed by atoms with E-state index in [1.165, 1.54) is 10.5 Å². The third-order valence-corrected chi connectivity index (χ3v) is 7.11. The fourth-order valence-corrected chi connectivity index (χ4v) is 5.28. The van der Waals surface area contributed by atoms with Gasteiger partial charge in [-0.3, -0.25) is 19.3 Å². The van der Waals surface area contributed by atoms with Gasteiger partial charge >= 0.3 is 6.03 Å². The van der Waals surface area contributed by atoms with Crippen LogP contribution in [0.4, 0.5) is 4.79 Å². The highest BCUT2D eigenvalue weighted by molar-refractivity contribution is 6.00. The van der Waals surface area contributed by atoms with Gasteiger partial charge in [0.25, 0.3) is 0 Å². The van der Waals surface area contributed by atoms with Crippen molar-refractivity contribution in [3.63, 3.8) is 0 Å². The van der Waals surface area contributed by atoms with Gasteiger partial charge in [0.05, 0.1) is 5.92 Å². The smallest absolute Gasteiger partial charge is 0.327 e. The van der Waals surface area contributed by atoms with Gasteiger partial charge < -0.3 is 15.5 Å². The predicted molar refractivity (Wildman–Crippen MR) is 139 cm³/mol. The first-order valence-electron chi connectivity index (χ1n) is 13.5. The predicted octanol–water partition coefficient (Wildman–Crippen LogP) is 3.64. The Morgan fingerprint density at radius 3 is 2.42 bits per heavy atom. The summed E-state index contributed by atoms with van der Waals surface area (Å²) >= 11 is 0. The van der Waals surface area contributed by atoms with E-state index in [0.717, 1.165) is 38.5 Å². The molecule has 1 aromatic carbocycles. The van der Waals surface area contributed by atoms with Crippen molar-refractivity contribution in [3.8, 4) is 0 Å². The van der Waals surface area contributed by atoms with Crippen molar-refractivity contribution in [2.24, 2.45) is 5.92 Å². The molecule has 8 heteroatoms. The van der Waals surface area contributed by atoms with Gasteiger partial charge in [-0.1, -0.05) is 43.2 Å². The van der Waals surface area contributed by atoms with E-state index < -0.39 is 0 Å². The molecule has 1 aliphatic carbocycles. The molecule has 2 aliphatic rings. The minimum Gasteiger partial charge on any atom is -0.354 e. The largest absolute Gasteiger partial charge is 0.354 e. The Morgan fingerprint density at radius 2 is 1.69 bits per heavy atom. The first kappa shape index (κ1) is 27.7. The van der Waals surface area contributed by atoms with E-state index in [1.54, 1.807) is 4.90 Å². The first-order chi connectivity index (χ1) is 17.3. The summed E-state index contributed by atoms with van der Waals surface area (Å²) in [7, 11) is 0. The molecule has 1 heterocycles. The number of imide groups is 1. The van der Waals surface area contributed by atoms with E-state index in [9.17, 15) is 19.2 Å². The van der Waals surface area contributed by atoms with Crippen LogP contribution in [0.25, 0.3) is 0 Å². The number of unbranched alkanes of at least 4 members (excludes halogenated alkanes) is 1. The molecule has 5 amide bonds. The molecule has 1 aliphatic heterocycles. The molecule has 0 aromatic heterocycles. The number of carbonyl (C=O) groups excluding carboxylic acids is 4. The van der Waals surface area contributed by atoms with Gasteiger partial charge in [-0.2, -0.15) is 0 Å². The second-order valence-electron chi connectivity index (χ2n) is 10.5. The van der Waals surface area contributed by atoms with Crippen LogP contribution >= 0.6 is 0 Å². The number of rotatable bonds is 12.